The Bertz CT molecular complexity index is 67.6. The molecule has 0 aliphatic carbocycles. The van der Waals surface area contributed by atoms with E-state index in [1.165, 1.54) is 0 Å². The second-order valence-corrected chi connectivity index (χ2v) is 1.56. The topological polar surface area (TPSA) is 89.3 Å². The number of nitrogens with two attached hydrogens (primary N) is 2. The van der Waals surface area contributed by atoms with Crippen LogP contribution in [-0.2, 0) is 4.79 Å². The zero-order valence-corrected chi connectivity index (χ0v) is 5.97. The molecule has 0 saturated heterocycles. The van der Waals surface area contributed by atoms with Gasteiger partial charge in [-0.2, -0.15) is 12.6 Å². The summed E-state index contributed by atoms with van der Waals surface area (Å²) in [6.07, 6.45) is 0. The summed E-state index contributed by atoms with van der Waals surface area (Å²) in [5.74, 6) is -0.176. The molecule has 0 spiro atoms. The van der Waals surface area contributed by atoms with Crippen molar-refractivity contribution in [2.45, 2.75) is 0 Å². The lowest BCUT2D eigenvalue weighted by Gasteiger charge is -1.73. The number of hydrogen-bond acceptors (Lipinski definition) is 4. The summed E-state index contributed by atoms with van der Waals surface area (Å²) in [6, 6.07) is 0. The summed E-state index contributed by atoms with van der Waals surface area (Å²) >= 11 is 3.80. The maximum absolute atomic E-state index is 9.24. The van der Waals surface area contributed by atoms with Crippen LogP contribution in [0, 0.1) is 0 Å². The molecule has 0 aromatic rings. The molecule has 0 amide bonds. The van der Waals surface area contributed by atoms with E-state index in [0.29, 0.717) is 6.54 Å². The quantitative estimate of drug-likeness (QED) is 0.378. The molecule has 0 saturated carbocycles. The molecule has 0 aromatic carbocycles. The van der Waals surface area contributed by atoms with Crippen LogP contribution in [0.4, 0.5) is 0 Å². The van der Waals surface area contributed by atoms with Crippen LogP contribution < -0.4 is 11.5 Å². The summed E-state index contributed by atoms with van der Waals surface area (Å²) < 4.78 is 0. The highest BCUT2D eigenvalue weighted by molar-refractivity contribution is 7.80. The van der Waals surface area contributed by atoms with Crippen LogP contribution in [-0.4, -0.2) is 29.9 Å². The highest BCUT2D eigenvalue weighted by Gasteiger charge is 1.81. The standard InChI is InChI=1S/C2H5NO2.C2H7NS/c3-1-2(4)5;3-1-2-4/h1,3H2,(H,4,5);4H,1-3H2. The minimum Gasteiger partial charge on any atom is -0.480 e. The maximum Gasteiger partial charge on any atom is 0.317 e. The molecule has 5 heteroatoms. The van der Waals surface area contributed by atoms with Crippen molar-refractivity contribution in [3.8, 4) is 0 Å². The van der Waals surface area contributed by atoms with E-state index in [0.717, 1.165) is 5.75 Å². The lowest BCUT2D eigenvalue weighted by atomic mass is 10.7. The highest BCUT2D eigenvalue weighted by Crippen LogP contribution is 1.58. The molecule has 0 heterocycles. The Morgan fingerprint density at radius 1 is 1.56 bits per heavy atom. The van der Waals surface area contributed by atoms with Gasteiger partial charge < -0.3 is 16.6 Å². The van der Waals surface area contributed by atoms with Crippen molar-refractivity contribution in [3.05, 3.63) is 0 Å². The molecule has 0 rings (SSSR count). The third-order valence-electron chi connectivity index (χ3n) is 0.304. The summed E-state index contributed by atoms with van der Waals surface area (Å²) in [5, 5.41) is 7.60. The van der Waals surface area contributed by atoms with Crippen LogP contribution in [0.25, 0.3) is 0 Å². The Balaban J connectivity index is 0. The molecule has 0 unspecified atom stereocenters. The van der Waals surface area contributed by atoms with Gasteiger partial charge in [0.25, 0.3) is 0 Å². The normalized spacial score (nSPS) is 7.44. The largest absolute Gasteiger partial charge is 0.480 e. The van der Waals surface area contributed by atoms with Crippen molar-refractivity contribution in [2.24, 2.45) is 11.5 Å². The fourth-order valence-corrected chi connectivity index (χ4v) is 0. The van der Waals surface area contributed by atoms with Gasteiger partial charge in [0.2, 0.25) is 0 Å². The van der Waals surface area contributed by atoms with Crippen LogP contribution in [0.2, 0.25) is 0 Å². The van der Waals surface area contributed by atoms with Crippen molar-refractivity contribution in [1.29, 1.82) is 0 Å². The predicted molar refractivity (Wildman–Crippen MR) is 39.6 cm³/mol. The highest BCUT2D eigenvalue weighted by atomic mass is 32.1. The van der Waals surface area contributed by atoms with Gasteiger partial charge in [0.05, 0.1) is 6.54 Å². The zero-order valence-electron chi connectivity index (χ0n) is 5.08. The fourth-order valence-electron chi connectivity index (χ4n) is 0. The second-order valence-electron chi connectivity index (χ2n) is 1.11. The molecule has 9 heavy (non-hydrogen) atoms. The molecule has 0 fully saturated rings. The molecule has 0 aromatic heterocycles. The van der Waals surface area contributed by atoms with E-state index in [-0.39, 0.29) is 6.54 Å². The van der Waals surface area contributed by atoms with Crippen molar-refractivity contribution >= 4 is 18.6 Å². The third-order valence-corrected chi connectivity index (χ3v) is 0.562. The first kappa shape index (κ1) is 11.5. The molecule has 56 valence electrons. The number of aliphatic carboxylic acids is 1. The van der Waals surface area contributed by atoms with E-state index in [4.69, 9.17) is 10.8 Å². The minimum absolute atomic E-state index is 0.278. The molecule has 0 bridgehead atoms. The van der Waals surface area contributed by atoms with Crippen LogP contribution in [0.5, 0.6) is 0 Å². The van der Waals surface area contributed by atoms with Gasteiger partial charge in [-0.25, -0.2) is 0 Å². The van der Waals surface area contributed by atoms with Crippen molar-refractivity contribution in [2.75, 3.05) is 18.8 Å². The lowest BCUT2D eigenvalue weighted by Crippen LogP contribution is -2.10. The summed E-state index contributed by atoms with van der Waals surface area (Å²) in [5.41, 5.74) is 9.52. The number of carbonyl (C=O) groups is 1. The average Bonchev–Trinajstić information content (AvgIpc) is 1.89. The third kappa shape index (κ3) is 34.0. The molecule has 0 radical (unpaired) electrons. The molecule has 4 nitrogen and oxygen atoms in total. The van der Waals surface area contributed by atoms with Gasteiger partial charge in [0.15, 0.2) is 0 Å². The molecule has 0 atom stereocenters. The lowest BCUT2D eigenvalue weighted by molar-refractivity contribution is -0.135. The van der Waals surface area contributed by atoms with Crippen molar-refractivity contribution in [3.63, 3.8) is 0 Å². The number of thiol groups is 1. The fraction of sp³-hybridized carbons (Fsp3) is 0.750. The summed E-state index contributed by atoms with van der Waals surface area (Å²) in [7, 11) is 0. The molecular weight excluding hydrogens is 140 g/mol. The number of carboxylic acid groups (broad SMARTS) is 1. The Labute approximate surface area is 59.6 Å². The van der Waals surface area contributed by atoms with Crippen LogP contribution in [0.15, 0.2) is 0 Å². The van der Waals surface area contributed by atoms with Crippen molar-refractivity contribution in [1.82, 2.24) is 0 Å². The number of rotatable bonds is 2. The Morgan fingerprint density at radius 2 is 1.78 bits per heavy atom. The Morgan fingerprint density at radius 3 is 1.78 bits per heavy atom. The smallest absolute Gasteiger partial charge is 0.317 e. The van der Waals surface area contributed by atoms with Crippen LogP contribution in [0.1, 0.15) is 0 Å². The van der Waals surface area contributed by atoms with Crippen LogP contribution in [0.3, 0.4) is 0 Å². The van der Waals surface area contributed by atoms with Gasteiger partial charge in [-0.05, 0) is 0 Å². The van der Waals surface area contributed by atoms with Crippen LogP contribution >= 0.6 is 12.6 Å². The van der Waals surface area contributed by atoms with E-state index in [2.05, 4.69) is 18.4 Å². The van der Waals surface area contributed by atoms with Crippen molar-refractivity contribution < 1.29 is 9.90 Å². The summed E-state index contributed by atoms with van der Waals surface area (Å²) in [4.78, 5) is 9.24. The van der Waals surface area contributed by atoms with Gasteiger partial charge >= 0.3 is 5.97 Å². The van der Waals surface area contributed by atoms with Gasteiger partial charge in [-0.1, -0.05) is 0 Å². The minimum atomic E-state index is -0.968. The first-order valence-corrected chi connectivity index (χ1v) is 3.05. The molecule has 5 N–H and O–H groups in total. The van der Waals surface area contributed by atoms with Gasteiger partial charge in [-0.3, -0.25) is 4.79 Å². The molecular formula is C4H12N2O2S. The van der Waals surface area contributed by atoms with Gasteiger partial charge in [0, 0.05) is 12.3 Å². The molecule has 0 aliphatic heterocycles. The Kier molecular flexibility index (Phi) is 13.7. The van der Waals surface area contributed by atoms with Gasteiger partial charge in [-0.15, -0.1) is 0 Å². The SMILES string of the molecule is NCC(=O)O.NCCS. The maximum atomic E-state index is 9.24. The zero-order chi connectivity index (χ0) is 7.70. The van der Waals surface area contributed by atoms with E-state index in [1.54, 1.807) is 0 Å². The summed E-state index contributed by atoms with van der Waals surface area (Å²) in [6.45, 7) is 0.406. The first-order chi connectivity index (χ1) is 4.18. The first-order valence-electron chi connectivity index (χ1n) is 2.41. The van der Waals surface area contributed by atoms with Gasteiger partial charge in [0.1, 0.15) is 0 Å². The van der Waals surface area contributed by atoms with E-state index < -0.39 is 5.97 Å². The van der Waals surface area contributed by atoms with E-state index in [9.17, 15) is 4.79 Å². The Hall–Kier alpha value is -0.260. The monoisotopic (exact) mass is 152 g/mol. The predicted octanol–water partition coefficient (Wildman–Crippen LogP) is -1.10. The van der Waals surface area contributed by atoms with E-state index in [1.807, 2.05) is 0 Å². The van der Waals surface area contributed by atoms with E-state index >= 15 is 0 Å². The molecule has 0 aliphatic rings. The average molecular weight is 152 g/mol. The number of carboxylic acids is 1. The number of hydrogen-bond donors (Lipinski definition) is 4. The second kappa shape index (κ2) is 10.7.